The molecule has 2 atom stereocenters. The predicted molar refractivity (Wildman–Crippen MR) is 107 cm³/mol. The summed E-state index contributed by atoms with van der Waals surface area (Å²) in [4.78, 5) is 4.71. The van der Waals surface area contributed by atoms with Crippen LogP contribution < -0.4 is 4.90 Å². The fourth-order valence-electron chi connectivity index (χ4n) is 4.69. The van der Waals surface area contributed by atoms with Crippen LogP contribution >= 0.6 is 0 Å². The fraction of sp³-hybridized carbons (Fsp3) is 0.478. The van der Waals surface area contributed by atoms with Gasteiger partial charge in [-0.3, -0.25) is 4.90 Å². The van der Waals surface area contributed by atoms with Gasteiger partial charge in [0.1, 0.15) is 0 Å². The Bertz CT molecular complexity index is 846. The first-order valence-corrected chi connectivity index (χ1v) is 10.1. The van der Waals surface area contributed by atoms with Crippen molar-refractivity contribution >= 4 is 5.69 Å². The molecule has 0 spiro atoms. The van der Waals surface area contributed by atoms with Gasteiger partial charge in [0.25, 0.3) is 0 Å². The molecule has 0 N–H and O–H groups in total. The number of piperidine rings is 1. The molecule has 2 aromatic carbocycles. The average molecular weight is 388 g/mol. The molecule has 4 rings (SSSR count). The number of hydrogen-bond donors (Lipinski definition) is 0. The molecule has 0 aromatic heterocycles. The Morgan fingerprint density at radius 3 is 2.50 bits per heavy atom. The van der Waals surface area contributed by atoms with E-state index in [0.717, 1.165) is 45.0 Å². The average Bonchev–Trinajstić information content (AvgIpc) is 2.69. The summed E-state index contributed by atoms with van der Waals surface area (Å²) in [6, 6.07) is 13.3. The lowest BCUT2D eigenvalue weighted by molar-refractivity contribution is -0.137. The van der Waals surface area contributed by atoms with E-state index in [1.165, 1.54) is 28.8 Å². The van der Waals surface area contributed by atoms with Gasteiger partial charge in [-0.15, -0.1) is 0 Å². The van der Waals surface area contributed by atoms with E-state index < -0.39 is 11.7 Å². The zero-order chi connectivity index (χ0) is 19.9. The molecule has 0 radical (unpaired) electrons. The maximum atomic E-state index is 13.1. The normalized spacial score (nSPS) is 23.5. The topological polar surface area (TPSA) is 6.48 Å². The third-order valence-corrected chi connectivity index (χ3v) is 6.40. The van der Waals surface area contributed by atoms with Crippen LogP contribution in [0.15, 0.2) is 42.5 Å². The van der Waals surface area contributed by atoms with E-state index in [1.807, 2.05) is 0 Å². The molecule has 2 aromatic rings. The highest BCUT2D eigenvalue weighted by Crippen LogP contribution is 2.38. The first-order valence-electron chi connectivity index (χ1n) is 10.1. The number of anilines is 1. The standard InChI is InChI=1S/C23H27F3N2/c1-16-9-10-18(13-17(16)2)22-8-4-7-21-15-27(11-12-28(21)22)20-6-3-5-19(14-20)23(24,25)26/h3,5-6,9-10,13-14,21-22H,4,7-8,11-12,15H2,1-2H3/t21?,22-/m1/s1. The van der Waals surface area contributed by atoms with Gasteiger partial charge in [-0.05, 0) is 68.0 Å². The lowest BCUT2D eigenvalue weighted by Crippen LogP contribution is -2.55. The third-order valence-electron chi connectivity index (χ3n) is 6.40. The summed E-state index contributed by atoms with van der Waals surface area (Å²) in [5.41, 5.74) is 4.12. The predicted octanol–water partition coefficient (Wildman–Crippen LogP) is 5.74. The molecule has 0 amide bonds. The molecule has 0 bridgehead atoms. The molecule has 0 saturated carbocycles. The highest BCUT2D eigenvalue weighted by Gasteiger charge is 2.36. The minimum atomic E-state index is -4.29. The summed E-state index contributed by atoms with van der Waals surface area (Å²) < 4.78 is 39.2. The van der Waals surface area contributed by atoms with E-state index in [2.05, 4.69) is 41.8 Å². The van der Waals surface area contributed by atoms with Crippen molar-refractivity contribution in [2.75, 3.05) is 24.5 Å². The van der Waals surface area contributed by atoms with Crippen molar-refractivity contribution in [2.45, 2.75) is 51.4 Å². The number of hydrogen-bond acceptors (Lipinski definition) is 2. The minimum Gasteiger partial charge on any atom is -0.369 e. The minimum absolute atomic E-state index is 0.392. The van der Waals surface area contributed by atoms with Crippen molar-refractivity contribution in [2.24, 2.45) is 0 Å². The molecule has 1 unspecified atom stereocenters. The first kappa shape index (κ1) is 19.3. The molecule has 2 saturated heterocycles. The molecular weight excluding hydrogens is 361 g/mol. The molecule has 2 nitrogen and oxygen atoms in total. The SMILES string of the molecule is Cc1ccc([C@H]2CCCC3CN(c4cccc(C(F)(F)F)c4)CCN32)cc1C. The van der Waals surface area contributed by atoms with Crippen molar-refractivity contribution in [3.8, 4) is 0 Å². The number of halogens is 3. The van der Waals surface area contributed by atoms with Gasteiger partial charge in [-0.1, -0.05) is 24.3 Å². The van der Waals surface area contributed by atoms with Crippen LogP contribution in [-0.4, -0.2) is 30.6 Å². The summed E-state index contributed by atoms with van der Waals surface area (Å²) >= 11 is 0. The molecule has 2 aliphatic rings. The largest absolute Gasteiger partial charge is 0.416 e. The van der Waals surface area contributed by atoms with E-state index in [1.54, 1.807) is 6.07 Å². The molecule has 2 fully saturated rings. The molecule has 5 heteroatoms. The molecule has 0 aliphatic carbocycles. The van der Waals surface area contributed by atoms with Crippen LogP contribution in [0.5, 0.6) is 0 Å². The van der Waals surface area contributed by atoms with E-state index in [-0.39, 0.29) is 0 Å². The van der Waals surface area contributed by atoms with Crippen molar-refractivity contribution in [3.63, 3.8) is 0 Å². The first-order chi connectivity index (χ1) is 13.3. The summed E-state index contributed by atoms with van der Waals surface area (Å²) in [5.74, 6) is 0. The smallest absolute Gasteiger partial charge is 0.369 e. The van der Waals surface area contributed by atoms with Gasteiger partial charge in [0.15, 0.2) is 0 Å². The summed E-state index contributed by atoms with van der Waals surface area (Å²) in [7, 11) is 0. The number of nitrogens with zero attached hydrogens (tertiary/aromatic N) is 2. The van der Waals surface area contributed by atoms with Gasteiger partial charge in [0.2, 0.25) is 0 Å². The van der Waals surface area contributed by atoms with Crippen LogP contribution in [0.2, 0.25) is 0 Å². The number of alkyl halides is 3. The Labute approximate surface area is 165 Å². The molecular formula is C23H27F3N2. The van der Waals surface area contributed by atoms with Gasteiger partial charge in [0, 0.05) is 37.4 Å². The van der Waals surface area contributed by atoms with Crippen LogP contribution in [0, 0.1) is 13.8 Å². The number of fused-ring (bicyclic) bond motifs is 1. The fourth-order valence-corrected chi connectivity index (χ4v) is 4.69. The van der Waals surface area contributed by atoms with Crippen molar-refractivity contribution in [3.05, 3.63) is 64.7 Å². The lowest BCUT2D eigenvalue weighted by atomic mass is 9.88. The maximum absolute atomic E-state index is 13.1. The van der Waals surface area contributed by atoms with E-state index >= 15 is 0 Å². The van der Waals surface area contributed by atoms with Gasteiger partial charge >= 0.3 is 6.18 Å². The van der Waals surface area contributed by atoms with Gasteiger partial charge in [-0.2, -0.15) is 13.2 Å². The Morgan fingerprint density at radius 1 is 0.929 bits per heavy atom. The highest BCUT2D eigenvalue weighted by atomic mass is 19.4. The molecule has 2 heterocycles. The Hall–Kier alpha value is -2.01. The van der Waals surface area contributed by atoms with Crippen LogP contribution in [0.3, 0.4) is 0 Å². The Morgan fingerprint density at radius 2 is 1.75 bits per heavy atom. The Kier molecular flexibility index (Phi) is 5.13. The second-order valence-electron chi connectivity index (χ2n) is 8.18. The molecule has 28 heavy (non-hydrogen) atoms. The number of benzene rings is 2. The second-order valence-corrected chi connectivity index (χ2v) is 8.18. The van der Waals surface area contributed by atoms with Crippen LogP contribution in [0.1, 0.15) is 47.6 Å². The maximum Gasteiger partial charge on any atom is 0.416 e. The van der Waals surface area contributed by atoms with Gasteiger partial charge < -0.3 is 4.90 Å². The van der Waals surface area contributed by atoms with E-state index in [4.69, 9.17) is 0 Å². The summed E-state index contributed by atoms with van der Waals surface area (Å²) in [6.07, 6.45) is -0.869. The van der Waals surface area contributed by atoms with Crippen molar-refractivity contribution in [1.82, 2.24) is 4.90 Å². The number of aryl methyl sites for hydroxylation is 2. The molecule has 2 aliphatic heterocycles. The van der Waals surface area contributed by atoms with E-state index in [0.29, 0.717) is 17.8 Å². The van der Waals surface area contributed by atoms with Crippen LogP contribution in [0.4, 0.5) is 18.9 Å². The van der Waals surface area contributed by atoms with Crippen LogP contribution in [-0.2, 0) is 6.18 Å². The van der Waals surface area contributed by atoms with Gasteiger partial charge in [-0.25, -0.2) is 0 Å². The zero-order valence-electron chi connectivity index (χ0n) is 16.5. The zero-order valence-corrected chi connectivity index (χ0v) is 16.5. The number of rotatable bonds is 2. The lowest BCUT2D eigenvalue weighted by Gasteiger charge is -2.49. The van der Waals surface area contributed by atoms with Crippen molar-refractivity contribution < 1.29 is 13.2 Å². The summed E-state index contributed by atoms with van der Waals surface area (Å²) in [5, 5.41) is 0. The van der Waals surface area contributed by atoms with Gasteiger partial charge in [0.05, 0.1) is 5.56 Å². The van der Waals surface area contributed by atoms with Crippen LogP contribution in [0.25, 0.3) is 0 Å². The third kappa shape index (κ3) is 3.77. The van der Waals surface area contributed by atoms with Crippen molar-refractivity contribution in [1.29, 1.82) is 0 Å². The highest BCUT2D eigenvalue weighted by molar-refractivity contribution is 5.50. The Balaban J connectivity index is 1.53. The number of piperazine rings is 1. The molecule has 150 valence electrons. The second kappa shape index (κ2) is 7.43. The quantitative estimate of drug-likeness (QED) is 0.647. The monoisotopic (exact) mass is 388 g/mol. The van der Waals surface area contributed by atoms with E-state index in [9.17, 15) is 13.2 Å². The summed E-state index contributed by atoms with van der Waals surface area (Å²) in [6.45, 7) is 6.74.